The topological polar surface area (TPSA) is 116 Å². The van der Waals surface area contributed by atoms with Crippen LogP contribution in [0, 0.1) is 0 Å². The Morgan fingerprint density at radius 1 is 0.974 bits per heavy atom. The standard InChI is InChI=1S/C27H32N2O6S4/c1-4-21(17-26-28(15-13-19(2)38(30,31)32)22-9-5-7-11-24(22)36-26)18-27-29(16-14-20(3)39(33,34)35)23-10-6-8-12-25(23)37-27/h5-12,17-20H,4,13-16H2,1-3H3,(H-,30,31,32,33,34,35)/p+1. The number of allylic oxidation sites excluding steroid dienone is 2. The lowest BCUT2D eigenvalue weighted by atomic mass is 10.2. The van der Waals surface area contributed by atoms with Crippen molar-refractivity contribution < 1.29 is 30.5 Å². The molecule has 0 saturated heterocycles. The molecular formula is C27H33N2O6S4+. The summed E-state index contributed by atoms with van der Waals surface area (Å²) in [6.07, 6.45) is 5.51. The van der Waals surface area contributed by atoms with Gasteiger partial charge in [0.15, 0.2) is 6.54 Å². The van der Waals surface area contributed by atoms with E-state index in [9.17, 15) is 25.9 Å². The van der Waals surface area contributed by atoms with Gasteiger partial charge in [-0.05, 0) is 56.5 Å². The second-order valence-electron chi connectivity index (χ2n) is 9.56. The Labute approximate surface area is 238 Å². The van der Waals surface area contributed by atoms with Crippen molar-refractivity contribution in [1.29, 1.82) is 0 Å². The first-order valence-electron chi connectivity index (χ1n) is 12.7. The van der Waals surface area contributed by atoms with Crippen LogP contribution in [0.15, 0.2) is 70.1 Å². The number of anilines is 1. The molecule has 0 fully saturated rings. The van der Waals surface area contributed by atoms with Gasteiger partial charge >= 0.3 is 0 Å². The van der Waals surface area contributed by atoms with E-state index >= 15 is 0 Å². The van der Waals surface area contributed by atoms with Gasteiger partial charge in [-0.25, -0.2) is 0 Å². The zero-order valence-corrected chi connectivity index (χ0v) is 25.3. The first-order chi connectivity index (χ1) is 18.4. The fourth-order valence-corrected chi connectivity index (χ4v) is 7.40. The summed E-state index contributed by atoms with van der Waals surface area (Å²) in [6, 6.07) is 15.9. The van der Waals surface area contributed by atoms with Crippen LogP contribution in [0.5, 0.6) is 0 Å². The first kappa shape index (κ1) is 29.8. The van der Waals surface area contributed by atoms with Crippen LogP contribution >= 0.6 is 23.1 Å². The van der Waals surface area contributed by atoms with Crippen molar-refractivity contribution in [1.82, 2.24) is 0 Å². The monoisotopic (exact) mass is 609 g/mol. The Bertz CT molecular complexity index is 1630. The summed E-state index contributed by atoms with van der Waals surface area (Å²) >= 11 is 3.24. The molecule has 2 atom stereocenters. The zero-order chi connectivity index (χ0) is 28.4. The molecule has 12 heteroatoms. The molecular weight excluding hydrogens is 577 g/mol. The second-order valence-corrected chi connectivity index (χ2v) is 15.4. The fourth-order valence-electron chi connectivity index (χ4n) is 4.26. The van der Waals surface area contributed by atoms with Gasteiger partial charge in [-0.15, -0.1) is 0 Å². The van der Waals surface area contributed by atoms with Crippen LogP contribution in [-0.2, 0) is 26.8 Å². The molecule has 210 valence electrons. The maximum Gasteiger partial charge on any atom is 0.267 e. The third-order valence-electron chi connectivity index (χ3n) is 6.83. The lowest BCUT2D eigenvalue weighted by molar-refractivity contribution is -0.669. The predicted molar refractivity (Wildman–Crippen MR) is 159 cm³/mol. The highest BCUT2D eigenvalue weighted by molar-refractivity contribution is 8.03. The molecule has 0 bridgehead atoms. The van der Waals surface area contributed by atoms with Crippen molar-refractivity contribution in [3.8, 4) is 0 Å². The minimum atomic E-state index is -4.12. The van der Waals surface area contributed by atoms with Gasteiger partial charge in [0.05, 0.1) is 21.2 Å². The summed E-state index contributed by atoms with van der Waals surface area (Å²) in [4.78, 5) is 3.17. The summed E-state index contributed by atoms with van der Waals surface area (Å²) in [5.41, 5.74) is 3.06. The number of thiazole rings is 1. The van der Waals surface area contributed by atoms with Gasteiger partial charge in [-0.3, -0.25) is 9.11 Å². The minimum absolute atomic E-state index is 0.276. The quantitative estimate of drug-likeness (QED) is 0.208. The largest absolute Gasteiger partial charge is 0.335 e. The van der Waals surface area contributed by atoms with Crippen LogP contribution in [-0.4, -0.2) is 43.0 Å². The molecule has 0 radical (unpaired) electrons. The lowest BCUT2D eigenvalue weighted by Crippen LogP contribution is -2.37. The predicted octanol–water partition coefficient (Wildman–Crippen LogP) is 5.77. The second kappa shape index (κ2) is 12.1. The number of aryl methyl sites for hydroxylation is 1. The van der Waals surface area contributed by atoms with Gasteiger partial charge in [0.2, 0.25) is 5.52 Å². The van der Waals surface area contributed by atoms with Crippen LogP contribution in [0.1, 0.15) is 45.0 Å². The highest BCUT2D eigenvalue weighted by atomic mass is 32.2. The van der Waals surface area contributed by atoms with Crippen molar-refractivity contribution in [3.63, 3.8) is 0 Å². The lowest BCUT2D eigenvalue weighted by Gasteiger charge is -2.22. The summed E-state index contributed by atoms with van der Waals surface area (Å²) in [5, 5.41) is 0.194. The van der Waals surface area contributed by atoms with Crippen LogP contribution in [0.25, 0.3) is 16.3 Å². The molecule has 2 unspecified atom stereocenters. The minimum Gasteiger partial charge on any atom is -0.335 e. The molecule has 0 aliphatic carbocycles. The Morgan fingerprint density at radius 2 is 1.62 bits per heavy atom. The number of nitrogens with zero attached hydrogens (tertiary/aromatic N) is 2. The third kappa shape index (κ3) is 7.11. The SMILES string of the molecule is CCC(=Cc1sc2ccccc2[n+]1CCC(C)S(=O)(=O)O)C=C1Sc2ccccc2N1CCC(C)S(=O)(=O)O. The average molecular weight is 610 g/mol. The summed E-state index contributed by atoms with van der Waals surface area (Å²) in [5.74, 6) is 0. The zero-order valence-electron chi connectivity index (χ0n) is 22.0. The van der Waals surface area contributed by atoms with E-state index in [1.54, 1.807) is 23.1 Å². The average Bonchev–Trinajstić information content (AvgIpc) is 3.41. The van der Waals surface area contributed by atoms with E-state index in [1.165, 1.54) is 13.8 Å². The molecule has 39 heavy (non-hydrogen) atoms. The molecule has 8 nitrogen and oxygen atoms in total. The number of aromatic nitrogens is 1. The number of hydrogen-bond donors (Lipinski definition) is 2. The van der Waals surface area contributed by atoms with Gasteiger partial charge in [0.1, 0.15) is 4.70 Å². The molecule has 0 saturated carbocycles. The number of fused-ring (bicyclic) bond motifs is 2. The van der Waals surface area contributed by atoms with Crippen LogP contribution in [0.4, 0.5) is 5.69 Å². The molecule has 2 aromatic carbocycles. The molecule has 0 amide bonds. The van der Waals surface area contributed by atoms with E-state index in [2.05, 4.69) is 28.5 Å². The highest BCUT2D eigenvalue weighted by Gasteiger charge is 2.28. The van der Waals surface area contributed by atoms with E-state index < -0.39 is 30.7 Å². The first-order valence-corrected chi connectivity index (χ1v) is 17.3. The normalized spacial score (nSPS) is 17.1. The van der Waals surface area contributed by atoms with Crippen molar-refractivity contribution in [2.45, 2.75) is 62.0 Å². The molecule has 1 aliphatic heterocycles. The van der Waals surface area contributed by atoms with E-state index in [1.807, 2.05) is 48.5 Å². The van der Waals surface area contributed by atoms with Crippen molar-refractivity contribution >= 4 is 65.3 Å². The number of rotatable bonds is 11. The highest BCUT2D eigenvalue weighted by Crippen LogP contribution is 2.46. The molecule has 1 aromatic heterocycles. The van der Waals surface area contributed by atoms with Gasteiger partial charge in [-0.2, -0.15) is 21.4 Å². The smallest absolute Gasteiger partial charge is 0.267 e. The van der Waals surface area contributed by atoms with Gasteiger partial charge in [0, 0.05) is 30.0 Å². The van der Waals surface area contributed by atoms with E-state index in [-0.39, 0.29) is 12.8 Å². The van der Waals surface area contributed by atoms with Gasteiger partial charge in [0.25, 0.3) is 25.2 Å². The van der Waals surface area contributed by atoms with Crippen molar-refractivity contribution in [2.75, 3.05) is 11.4 Å². The van der Waals surface area contributed by atoms with Crippen LogP contribution in [0.3, 0.4) is 0 Å². The van der Waals surface area contributed by atoms with Crippen LogP contribution in [0.2, 0.25) is 0 Å². The molecule has 2 heterocycles. The number of benzene rings is 2. The van der Waals surface area contributed by atoms with Gasteiger partial charge in [-0.1, -0.05) is 54.3 Å². The van der Waals surface area contributed by atoms with Crippen molar-refractivity contribution in [2.24, 2.45) is 0 Å². The Kier molecular flexibility index (Phi) is 9.24. The summed E-state index contributed by atoms with van der Waals surface area (Å²) in [7, 11) is -8.23. The third-order valence-corrected chi connectivity index (χ3v) is 11.6. The summed E-state index contributed by atoms with van der Waals surface area (Å²) in [6.45, 7) is 5.95. The molecule has 0 spiro atoms. The molecule has 2 N–H and O–H groups in total. The number of para-hydroxylation sites is 2. The Balaban J connectivity index is 1.69. The number of thioether (sulfide) groups is 1. The number of hydrogen-bond acceptors (Lipinski definition) is 7. The molecule has 3 aromatic rings. The van der Waals surface area contributed by atoms with Gasteiger partial charge < -0.3 is 4.90 Å². The molecule has 1 aliphatic rings. The maximum atomic E-state index is 11.6. The van der Waals surface area contributed by atoms with E-state index in [0.717, 1.165) is 42.8 Å². The van der Waals surface area contributed by atoms with E-state index in [4.69, 9.17) is 0 Å². The Morgan fingerprint density at radius 3 is 2.31 bits per heavy atom. The van der Waals surface area contributed by atoms with E-state index in [0.29, 0.717) is 13.1 Å². The maximum absolute atomic E-state index is 11.6. The van der Waals surface area contributed by atoms with Crippen molar-refractivity contribution in [3.05, 3.63) is 70.2 Å². The fraction of sp³-hybridized carbons (Fsp3) is 0.370. The Hall–Kier alpha value is -2.22. The summed E-state index contributed by atoms with van der Waals surface area (Å²) < 4.78 is 68.5. The van der Waals surface area contributed by atoms with Crippen LogP contribution < -0.4 is 9.47 Å². The molecule has 4 rings (SSSR count).